The maximum absolute atomic E-state index is 14.9. The van der Waals surface area contributed by atoms with Crippen molar-refractivity contribution in [2.45, 2.75) is 75.5 Å². The van der Waals surface area contributed by atoms with Crippen LogP contribution in [-0.2, 0) is 24.2 Å². The first-order valence-corrected chi connectivity index (χ1v) is 19.9. The number of hydrogen-bond acceptors (Lipinski definition) is 7. The molecule has 10 nitrogen and oxygen atoms in total. The molecule has 1 aliphatic carbocycles. The molecule has 7 rings (SSSR count). The Balaban J connectivity index is 1.27. The van der Waals surface area contributed by atoms with Crippen LogP contribution in [0.2, 0.25) is 5.02 Å². The monoisotopic (exact) mass is 755 g/mol. The normalized spacial score (nSPS) is 20.5. The SMILES string of the molecule is Cc1cn([C@H]2C[C@H](OP(=O)(NC3CCCCC3)Oc3ccc(Cl)cc3)[C@@H](COC(c3ccccc3)(c3ccccc3)c3ccccc3)O2)c(=O)[nH]c1=O. The van der Waals surface area contributed by atoms with Crippen LogP contribution < -0.4 is 20.9 Å². The lowest BCUT2D eigenvalue weighted by Gasteiger charge is -2.37. The summed E-state index contributed by atoms with van der Waals surface area (Å²) in [6.07, 6.45) is 3.79. The van der Waals surface area contributed by atoms with Gasteiger partial charge in [0.1, 0.15) is 29.8 Å². The van der Waals surface area contributed by atoms with E-state index in [0.29, 0.717) is 16.3 Å². The van der Waals surface area contributed by atoms with Crippen LogP contribution in [0.5, 0.6) is 5.75 Å². The highest BCUT2D eigenvalue weighted by molar-refractivity contribution is 7.52. The van der Waals surface area contributed by atoms with E-state index in [0.717, 1.165) is 48.8 Å². The summed E-state index contributed by atoms with van der Waals surface area (Å²) in [5, 5.41) is 3.75. The molecule has 2 fully saturated rings. The van der Waals surface area contributed by atoms with E-state index in [9.17, 15) is 14.2 Å². The molecule has 0 amide bonds. The van der Waals surface area contributed by atoms with Crippen molar-refractivity contribution in [3.05, 3.63) is 170 Å². The second-order valence-corrected chi connectivity index (χ2v) is 15.7. The summed E-state index contributed by atoms with van der Waals surface area (Å²) in [6, 6.07) is 36.4. The largest absolute Gasteiger partial charge is 0.459 e. The van der Waals surface area contributed by atoms with Gasteiger partial charge >= 0.3 is 13.4 Å². The molecular weight excluding hydrogens is 713 g/mol. The number of H-pyrrole nitrogens is 1. The minimum absolute atomic E-state index is 0.0265. The van der Waals surface area contributed by atoms with Crippen LogP contribution in [0.15, 0.2) is 131 Å². The van der Waals surface area contributed by atoms with Gasteiger partial charge in [-0.1, -0.05) is 122 Å². The molecule has 0 spiro atoms. The summed E-state index contributed by atoms with van der Waals surface area (Å²) in [6.45, 7) is 1.59. The van der Waals surface area contributed by atoms with E-state index >= 15 is 0 Å². The molecule has 53 heavy (non-hydrogen) atoms. The lowest BCUT2D eigenvalue weighted by Crippen LogP contribution is -2.39. The van der Waals surface area contributed by atoms with Crippen molar-refractivity contribution in [3.63, 3.8) is 0 Å². The Bertz CT molecular complexity index is 2030. The predicted molar refractivity (Wildman–Crippen MR) is 204 cm³/mol. The van der Waals surface area contributed by atoms with Gasteiger partial charge in [0, 0.05) is 29.2 Å². The Morgan fingerprint density at radius 1 is 0.849 bits per heavy atom. The summed E-state index contributed by atoms with van der Waals surface area (Å²) >= 11 is 6.16. The van der Waals surface area contributed by atoms with Gasteiger partial charge in [-0.05, 0) is 60.7 Å². The number of hydrogen-bond donors (Lipinski definition) is 2. The van der Waals surface area contributed by atoms with Gasteiger partial charge in [0.05, 0.1) is 6.61 Å². The molecule has 4 aromatic carbocycles. The van der Waals surface area contributed by atoms with Crippen LogP contribution in [-0.4, -0.2) is 34.4 Å². The fourth-order valence-electron chi connectivity index (χ4n) is 7.25. The average molecular weight is 756 g/mol. The first-order chi connectivity index (χ1) is 25.7. The topological polar surface area (TPSA) is 121 Å². The maximum atomic E-state index is 14.9. The van der Waals surface area contributed by atoms with Gasteiger partial charge in [-0.2, -0.15) is 0 Å². The zero-order valence-electron chi connectivity index (χ0n) is 29.4. The van der Waals surface area contributed by atoms with Crippen molar-refractivity contribution in [1.29, 1.82) is 0 Å². The van der Waals surface area contributed by atoms with Crippen LogP contribution in [0.25, 0.3) is 0 Å². The summed E-state index contributed by atoms with van der Waals surface area (Å²) in [4.78, 5) is 27.8. The van der Waals surface area contributed by atoms with Crippen LogP contribution in [0.3, 0.4) is 0 Å². The van der Waals surface area contributed by atoms with E-state index in [1.54, 1.807) is 31.2 Å². The van der Waals surface area contributed by atoms with Crippen molar-refractivity contribution in [2.75, 3.05) is 6.61 Å². The van der Waals surface area contributed by atoms with E-state index < -0.39 is 43.0 Å². The van der Waals surface area contributed by atoms with Gasteiger partial charge < -0.3 is 14.0 Å². The molecule has 2 aliphatic rings. The number of benzene rings is 4. The first kappa shape index (κ1) is 37.1. The smallest absolute Gasteiger partial charge is 0.413 e. The minimum atomic E-state index is -4.07. The van der Waals surface area contributed by atoms with Gasteiger partial charge in [0.25, 0.3) is 5.56 Å². The Kier molecular flexibility index (Phi) is 11.5. The number of ether oxygens (including phenoxy) is 2. The Morgan fingerprint density at radius 3 is 1.98 bits per heavy atom. The summed E-state index contributed by atoms with van der Waals surface area (Å²) in [7, 11) is -4.07. The third kappa shape index (κ3) is 8.44. The molecular formula is C41H43ClN3O7P. The highest BCUT2D eigenvalue weighted by atomic mass is 35.5. The fourth-order valence-corrected chi connectivity index (χ4v) is 9.22. The molecule has 1 saturated heterocycles. The summed E-state index contributed by atoms with van der Waals surface area (Å²) in [5.41, 5.74) is 0.849. The van der Waals surface area contributed by atoms with Crippen LogP contribution in [0, 0.1) is 6.92 Å². The fraction of sp³-hybridized carbons (Fsp3) is 0.317. The number of rotatable bonds is 13. The van der Waals surface area contributed by atoms with Crippen LogP contribution >= 0.6 is 19.3 Å². The van der Waals surface area contributed by atoms with E-state index in [1.165, 1.54) is 10.8 Å². The van der Waals surface area contributed by atoms with Crippen molar-refractivity contribution in [3.8, 4) is 5.75 Å². The molecule has 12 heteroatoms. The molecule has 1 aliphatic heterocycles. The molecule has 1 saturated carbocycles. The Labute approximate surface area is 313 Å². The highest BCUT2D eigenvalue weighted by Crippen LogP contribution is 2.51. The lowest BCUT2D eigenvalue weighted by molar-refractivity contribution is -0.0924. The van der Waals surface area contributed by atoms with Crippen molar-refractivity contribution in [1.82, 2.24) is 14.6 Å². The lowest BCUT2D eigenvalue weighted by atomic mass is 9.80. The molecule has 0 radical (unpaired) electrons. The molecule has 276 valence electrons. The quantitative estimate of drug-likeness (QED) is 0.0910. The zero-order valence-corrected chi connectivity index (χ0v) is 31.1. The van der Waals surface area contributed by atoms with Crippen molar-refractivity contribution in [2.24, 2.45) is 0 Å². The summed E-state index contributed by atoms with van der Waals surface area (Å²) in [5.74, 6) is 0.327. The number of halogens is 1. The summed E-state index contributed by atoms with van der Waals surface area (Å²) < 4.78 is 42.7. The van der Waals surface area contributed by atoms with E-state index in [2.05, 4.69) is 10.1 Å². The molecule has 4 atom stereocenters. The molecule has 2 heterocycles. The Morgan fingerprint density at radius 2 is 1.42 bits per heavy atom. The standard InChI is InChI=1S/C41H43ClN3O7P/c1-29-27-45(40(47)43-39(29)46)38-26-36(52-53(48,44-34-20-12-5-13-21-34)51-35-24-22-33(42)23-25-35)37(50-38)28-49-41(30-14-6-2-7-15-30,31-16-8-3-9-17-31)32-18-10-4-11-19-32/h2-4,6-11,14-19,22-25,27,34,36-38H,5,12-13,20-21,26,28H2,1H3,(H,44,48)(H,43,46,47)/t36-,37+,38+,53?/m0/s1. The third-order valence-electron chi connectivity index (χ3n) is 9.90. The second-order valence-electron chi connectivity index (χ2n) is 13.6. The number of nitrogens with zero attached hydrogens (tertiary/aromatic N) is 1. The number of aryl methyl sites for hydroxylation is 1. The van der Waals surface area contributed by atoms with Gasteiger partial charge in [0.2, 0.25) is 0 Å². The average Bonchev–Trinajstić information content (AvgIpc) is 3.57. The van der Waals surface area contributed by atoms with Gasteiger partial charge in [-0.15, -0.1) is 0 Å². The third-order valence-corrected chi connectivity index (χ3v) is 11.8. The molecule has 1 unspecified atom stereocenters. The van der Waals surface area contributed by atoms with Crippen molar-refractivity contribution >= 4 is 19.3 Å². The second kappa shape index (κ2) is 16.4. The molecule has 0 bridgehead atoms. The maximum Gasteiger partial charge on any atom is 0.459 e. The van der Waals surface area contributed by atoms with E-state index in [1.807, 2.05) is 91.0 Å². The van der Waals surface area contributed by atoms with Crippen molar-refractivity contribution < 1.29 is 23.1 Å². The first-order valence-electron chi connectivity index (χ1n) is 18.0. The minimum Gasteiger partial charge on any atom is -0.413 e. The van der Waals surface area contributed by atoms with Crippen LogP contribution in [0.4, 0.5) is 0 Å². The zero-order chi connectivity index (χ0) is 36.8. The van der Waals surface area contributed by atoms with Gasteiger partial charge in [0.15, 0.2) is 0 Å². The van der Waals surface area contributed by atoms with E-state index in [4.69, 9.17) is 30.1 Å². The van der Waals surface area contributed by atoms with Crippen LogP contribution in [0.1, 0.15) is 67.0 Å². The number of aromatic amines is 1. The predicted octanol–water partition coefficient (Wildman–Crippen LogP) is 8.29. The molecule has 1 aromatic heterocycles. The Hall–Kier alpha value is -4.28. The number of nitrogens with one attached hydrogen (secondary N) is 2. The van der Waals surface area contributed by atoms with E-state index in [-0.39, 0.29) is 19.1 Å². The van der Waals surface area contributed by atoms with Gasteiger partial charge in [-0.25, -0.2) is 14.4 Å². The molecule has 2 N–H and O–H groups in total. The van der Waals surface area contributed by atoms with Gasteiger partial charge in [-0.3, -0.25) is 18.9 Å². The molecule has 5 aromatic rings. The number of aromatic nitrogens is 2. The highest BCUT2D eigenvalue weighted by Gasteiger charge is 2.46.